The molecule has 10 heteroatoms. The maximum Gasteiger partial charge on any atom is 0.242 e. The third-order valence-corrected chi connectivity index (χ3v) is 7.33. The van der Waals surface area contributed by atoms with Crippen molar-refractivity contribution in [3.63, 3.8) is 0 Å². The second kappa shape index (κ2) is 9.94. The number of benzene rings is 1. The molecule has 1 aliphatic rings. The third kappa shape index (κ3) is 5.24. The number of halogens is 2. The van der Waals surface area contributed by atoms with E-state index >= 15 is 0 Å². The van der Waals surface area contributed by atoms with E-state index in [1.54, 1.807) is 26.2 Å². The van der Waals surface area contributed by atoms with Crippen LogP contribution in [0.1, 0.15) is 32.5 Å². The summed E-state index contributed by atoms with van der Waals surface area (Å²) in [5.74, 6) is 0.993. The molecule has 1 aliphatic heterocycles. The highest BCUT2D eigenvalue weighted by atomic mass is 35.5. The lowest BCUT2D eigenvalue weighted by Crippen LogP contribution is -2.31. The summed E-state index contributed by atoms with van der Waals surface area (Å²) >= 11 is 0. The minimum atomic E-state index is -3.47. The normalized spacial score (nSPS) is 20.1. The second-order valence-corrected chi connectivity index (χ2v) is 10.2. The lowest BCUT2D eigenvalue weighted by Gasteiger charge is -2.22. The molecule has 0 spiro atoms. The predicted octanol–water partition coefficient (Wildman–Crippen LogP) is 2.71. The van der Waals surface area contributed by atoms with E-state index in [4.69, 9.17) is 10.7 Å². The molecular weight excluding hydrogens is 433 g/mol. The number of hydrogen-bond acceptors (Lipinski definition) is 5. The zero-order valence-corrected chi connectivity index (χ0v) is 20.0. The van der Waals surface area contributed by atoms with Crippen LogP contribution >= 0.6 is 24.8 Å². The first-order valence-corrected chi connectivity index (χ1v) is 11.0. The SMILES string of the molecule is CCCn1c(CN2CCC(C)(CN)C2)nc2cc(S(=O)(=O)N(C)C)ccc21.Cl.Cl. The Kier molecular flexibility index (Phi) is 8.96. The van der Waals surface area contributed by atoms with Gasteiger partial charge in [-0.15, -0.1) is 24.8 Å². The van der Waals surface area contributed by atoms with E-state index in [0.717, 1.165) is 55.9 Å². The molecule has 1 saturated heterocycles. The topological polar surface area (TPSA) is 84.5 Å². The molecule has 2 aromatic rings. The van der Waals surface area contributed by atoms with Crippen molar-refractivity contribution >= 4 is 45.9 Å². The molecule has 0 bridgehead atoms. The molecule has 1 aromatic heterocycles. The summed E-state index contributed by atoms with van der Waals surface area (Å²) in [5.41, 5.74) is 7.84. The van der Waals surface area contributed by atoms with Gasteiger partial charge in [0.2, 0.25) is 10.0 Å². The highest BCUT2D eigenvalue weighted by Crippen LogP contribution is 2.30. The van der Waals surface area contributed by atoms with E-state index < -0.39 is 10.0 Å². The quantitative estimate of drug-likeness (QED) is 0.679. The van der Waals surface area contributed by atoms with Gasteiger partial charge in [0.25, 0.3) is 0 Å². The molecule has 0 aliphatic carbocycles. The zero-order valence-electron chi connectivity index (χ0n) is 17.6. The first-order chi connectivity index (χ1) is 12.7. The van der Waals surface area contributed by atoms with E-state index in [9.17, 15) is 8.42 Å². The lowest BCUT2D eigenvalue weighted by molar-refractivity contribution is 0.266. The van der Waals surface area contributed by atoms with Crippen LogP contribution in [-0.4, -0.2) is 60.9 Å². The molecule has 3 rings (SSSR count). The Morgan fingerprint density at radius 2 is 1.97 bits per heavy atom. The van der Waals surface area contributed by atoms with Crippen molar-refractivity contribution in [1.29, 1.82) is 0 Å². The minimum Gasteiger partial charge on any atom is -0.330 e. The second-order valence-electron chi connectivity index (χ2n) is 8.09. The van der Waals surface area contributed by atoms with E-state index in [1.165, 1.54) is 4.31 Å². The molecule has 2 heterocycles. The van der Waals surface area contributed by atoms with Crippen molar-refractivity contribution in [1.82, 2.24) is 18.8 Å². The molecule has 0 saturated carbocycles. The van der Waals surface area contributed by atoms with Gasteiger partial charge in [-0.2, -0.15) is 0 Å². The van der Waals surface area contributed by atoms with Gasteiger partial charge >= 0.3 is 0 Å². The van der Waals surface area contributed by atoms with Crippen LogP contribution in [0.2, 0.25) is 0 Å². The lowest BCUT2D eigenvalue weighted by atomic mass is 9.90. The smallest absolute Gasteiger partial charge is 0.242 e. The number of likely N-dealkylation sites (tertiary alicyclic amines) is 1. The van der Waals surface area contributed by atoms with Crippen LogP contribution in [0.3, 0.4) is 0 Å². The number of aryl methyl sites for hydroxylation is 1. The van der Waals surface area contributed by atoms with Crippen LogP contribution in [0.4, 0.5) is 0 Å². The average Bonchev–Trinajstić information content (AvgIpc) is 3.16. The van der Waals surface area contributed by atoms with Crippen LogP contribution in [-0.2, 0) is 23.1 Å². The van der Waals surface area contributed by atoms with Crippen molar-refractivity contribution in [2.75, 3.05) is 33.7 Å². The van der Waals surface area contributed by atoms with Crippen LogP contribution < -0.4 is 5.73 Å². The van der Waals surface area contributed by atoms with Gasteiger partial charge in [-0.1, -0.05) is 13.8 Å². The average molecular weight is 466 g/mol. The number of sulfonamides is 1. The van der Waals surface area contributed by atoms with E-state index in [0.29, 0.717) is 6.54 Å². The maximum atomic E-state index is 12.4. The molecule has 2 N–H and O–H groups in total. The number of imidazole rings is 1. The van der Waals surface area contributed by atoms with Gasteiger partial charge < -0.3 is 10.3 Å². The molecule has 1 aromatic carbocycles. The summed E-state index contributed by atoms with van der Waals surface area (Å²) in [5, 5.41) is 0. The number of fused-ring (bicyclic) bond motifs is 1. The van der Waals surface area contributed by atoms with Gasteiger partial charge in [-0.3, -0.25) is 4.90 Å². The van der Waals surface area contributed by atoms with Crippen molar-refractivity contribution in [2.24, 2.45) is 11.1 Å². The number of nitrogens with zero attached hydrogens (tertiary/aromatic N) is 4. The Labute approximate surface area is 186 Å². The molecule has 1 atom stereocenters. The summed E-state index contributed by atoms with van der Waals surface area (Å²) in [6.07, 6.45) is 2.10. The first-order valence-electron chi connectivity index (χ1n) is 9.54. The molecule has 166 valence electrons. The van der Waals surface area contributed by atoms with Crippen LogP contribution in [0.5, 0.6) is 0 Å². The van der Waals surface area contributed by atoms with Crippen molar-refractivity contribution in [2.45, 2.75) is 44.7 Å². The first kappa shape index (κ1) is 26.1. The molecule has 0 radical (unpaired) electrons. The van der Waals surface area contributed by atoms with E-state index in [-0.39, 0.29) is 35.1 Å². The standard InChI is InChI=1S/C19H31N5O2S.2ClH/c1-5-9-24-17-7-6-15(27(25,26)22(3)4)11-16(17)21-18(24)12-23-10-8-19(2,13-20)14-23;;/h6-7,11H,5,8-10,12-14,20H2,1-4H3;2*1H. The largest absolute Gasteiger partial charge is 0.330 e. The van der Waals surface area contributed by atoms with Gasteiger partial charge in [0, 0.05) is 27.2 Å². The highest BCUT2D eigenvalue weighted by molar-refractivity contribution is 7.89. The van der Waals surface area contributed by atoms with Gasteiger partial charge in [0.05, 0.1) is 22.5 Å². The van der Waals surface area contributed by atoms with Crippen molar-refractivity contribution in [3.05, 3.63) is 24.0 Å². The van der Waals surface area contributed by atoms with Crippen LogP contribution in [0.15, 0.2) is 23.1 Å². The fourth-order valence-corrected chi connectivity index (χ4v) is 4.67. The molecular formula is C19H33Cl2N5O2S. The minimum absolute atomic E-state index is 0. The van der Waals surface area contributed by atoms with E-state index in [2.05, 4.69) is 23.3 Å². The molecule has 0 amide bonds. The summed E-state index contributed by atoms with van der Waals surface area (Å²) in [7, 11) is -0.377. The fourth-order valence-electron chi connectivity index (χ4n) is 3.75. The molecule has 7 nitrogen and oxygen atoms in total. The van der Waals surface area contributed by atoms with E-state index in [1.807, 2.05) is 6.07 Å². The molecule has 1 fully saturated rings. The van der Waals surface area contributed by atoms with Crippen LogP contribution in [0.25, 0.3) is 11.0 Å². The van der Waals surface area contributed by atoms with Crippen molar-refractivity contribution < 1.29 is 8.42 Å². The Hall–Kier alpha value is -0.900. The molecule has 29 heavy (non-hydrogen) atoms. The number of hydrogen-bond donors (Lipinski definition) is 1. The number of nitrogens with two attached hydrogens (primary N) is 1. The summed E-state index contributed by atoms with van der Waals surface area (Å²) in [4.78, 5) is 7.49. The Bertz CT molecular complexity index is 932. The van der Waals surface area contributed by atoms with Crippen molar-refractivity contribution in [3.8, 4) is 0 Å². The number of rotatable bonds is 7. The Balaban J connectivity index is 0.00000210. The van der Waals surface area contributed by atoms with Gasteiger partial charge in [-0.05, 0) is 49.5 Å². The summed E-state index contributed by atoms with van der Waals surface area (Å²) in [6, 6.07) is 5.25. The summed E-state index contributed by atoms with van der Waals surface area (Å²) in [6.45, 7) is 8.69. The fraction of sp³-hybridized carbons (Fsp3) is 0.632. The predicted molar refractivity (Wildman–Crippen MR) is 122 cm³/mol. The third-order valence-electron chi connectivity index (χ3n) is 5.52. The molecule has 1 unspecified atom stereocenters. The maximum absolute atomic E-state index is 12.4. The Morgan fingerprint density at radius 3 is 2.52 bits per heavy atom. The van der Waals surface area contributed by atoms with Gasteiger partial charge in [0.1, 0.15) is 5.82 Å². The monoisotopic (exact) mass is 465 g/mol. The summed E-state index contributed by atoms with van der Waals surface area (Å²) < 4.78 is 28.3. The number of aromatic nitrogens is 2. The van der Waals surface area contributed by atoms with Crippen LogP contribution in [0, 0.1) is 5.41 Å². The highest BCUT2D eigenvalue weighted by Gasteiger charge is 2.33. The Morgan fingerprint density at radius 1 is 1.28 bits per heavy atom. The zero-order chi connectivity index (χ0) is 19.8. The van der Waals surface area contributed by atoms with Gasteiger partial charge in [0.15, 0.2) is 0 Å². The van der Waals surface area contributed by atoms with Gasteiger partial charge in [-0.25, -0.2) is 17.7 Å².